The molecule has 2 saturated heterocycles. The second-order valence-corrected chi connectivity index (χ2v) is 11.8. The van der Waals surface area contributed by atoms with Crippen LogP contribution in [0.1, 0.15) is 72.1 Å². The summed E-state index contributed by atoms with van der Waals surface area (Å²) in [4.78, 5) is 34.9. The summed E-state index contributed by atoms with van der Waals surface area (Å²) in [5.41, 5.74) is -0.495. The van der Waals surface area contributed by atoms with Crippen LogP contribution in [0.25, 0.3) is 0 Å². The molecule has 0 aromatic rings. The van der Waals surface area contributed by atoms with Crippen molar-refractivity contribution >= 4 is 27.9 Å². The number of nitrogens with one attached hydrogen (secondary N) is 4. The van der Waals surface area contributed by atoms with E-state index in [9.17, 15) is 22.8 Å². The lowest BCUT2D eigenvalue weighted by atomic mass is 10.0. The van der Waals surface area contributed by atoms with Crippen LogP contribution >= 0.6 is 0 Å². The molecule has 2 fully saturated rings. The van der Waals surface area contributed by atoms with Crippen molar-refractivity contribution in [2.45, 2.75) is 95.1 Å². The minimum Gasteiger partial charge on any atom is -0.444 e. The third-order valence-corrected chi connectivity index (χ3v) is 7.83. The van der Waals surface area contributed by atoms with E-state index in [4.69, 9.17) is 4.74 Å². The summed E-state index contributed by atoms with van der Waals surface area (Å²) in [6, 6.07) is -1.01. The first kappa shape index (κ1) is 26.2. The smallest absolute Gasteiger partial charge is 0.407 e. The number of carbonyl (C=O) groups excluding carboxylic acids is 3. The second kappa shape index (κ2) is 11.7. The normalized spacial score (nSPS) is 23.7. The van der Waals surface area contributed by atoms with Crippen molar-refractivity contribution in [3.63, 3.8) is 0 Å². The average molecular weight is 475 g/mol. The highest BCUT2D eigenvalue weighted by atomic mass is 32.2. The number of unbranched alkanes of at least 4 members (excludes halogenated alkanes) is 4. The monoisotopic (exact) mass is 474 g/mol. The zero-order valence-corrected chi connectivity index (χ0v) is 20.2. The number of hydrogen-bond acceptors (Lipinski definition) is 6. The van der Waals surface area contributed by atoms with Gasteiger partial charge < -0.3 is 26.0 Å². The van der Waals surface area contributed by atoms with Gasteiger partial charge in [0.15, 0.2) is 9.84 Å². The molecule has 3 atom stereocenters. The van der Waals surface area contributed by atoms with Crippen molar-refractivity contribution in [3.05, 3.63) is 0 Å². The standard InChI is InChI=1S/C21H38N4O6S/c1-21(2,3)31-20(28)23-13-9-5-4-8-12-22-17(26)11-7-6-10-16-18-15(14-32(16,29)30)24-19(27)25-18/h15-16,18H,4-14H2,1-3H3,(H,22,26)(H,23,28)(H2,24,25,27)/t15-,16-,18?/m0/s1. The van der Waals surface area contributed by atoms with E-state index in [-0.39, 0.29) is 29.8 Å². The van der Waals surface area contributed by atoms with E-state index in [1.54, 1.807) is 0 Å². The molecule has 0 saturated carbocycles. The van der Waals surface area contributed by atoms with Crippen molar-refractivity contribution in [1.82, 2.24) is 21.3 Å². The van der Waals surface area contributed by atoms with Gasteiger partial charge in [-0.2, -0.15) is 0 Å². The molecule has 184 valence electrons. The van der Waals surface area contributed by atoms with Gasteiger partial charge >= 0.3 is 12.1 Å². The lowest BCUT2D eigenvalue weighted by Gasteiger charge is -2.19. The van der Waals surface area contributed by atoms with Gasteiger partial charge in [-0.15, -0.1) is 0 Å². The van der Waals surface area contributed by atoms with Gasteiger partial charge in [-0.05, 0) is 46.5 Å². The molecule has 2 aliphatic heterocycles. The number of urea groups is 1. The third-order valence-electron chi connectivity index (χ3n) is 5.56. The van der Waals surface area contributed by atoms with Crippen molar-refractivity contribution in [2.24, 2.45) is 0 Å². The molecule has 4 amide bonds. The Kier molecular flexibility index (Phi) is 9.60. The van der Waals surface area contributed by atoms with Crippen LogP contribution in [0.5, 0.6) is 0 Å². The highest BCUT2D eigenvalue weighted by Gasteiger charge is 2.51. The van der Waals surface area contributed by atoms with Crippen LogP contribution in [0, 0.1) is 0 Å². The molecule has 0 radical (unpaired) electrons. The van der Waals surface area contributed by atoms with Gasteiger partial charge in [0.05, 0.1) is 23.1 Å². The molecular weight excluding hydrogens is 436 g/mol. The maximum Gasteiger partial charge on any atom is 0.407 e. The summed E-state index contributed by atoms with van der Waals surface area (Å²) in [5, 5.41) is 10.4. The van der Waals surface area contributed by atoms with Crippen molar-refractivity contribution in [1.29, 1.82) is 0 Å². The number of amides is 4. The van der Waals surface area contributed by atoms with E-state index in [1.807, 2.05) is 20.8 Å². The summed E-state index contributed by atoms with van der Waals surface area (Å²) in [6.45, 7) is 6.65. The SMILES string of the molecule is CC(C)(C)OC(=O)NCCCCCCNC(=O)CCCC[C@H]1C2NC(=O)N[C@H]2CS1(=O)=O. The number of fused-ring (bicyclic) bond motifs is 1. The molecule has 0 spiro atoms. The van der Waals surface area contributed by atoms with E-state index >= 15 is 0 Å². The van der Waals surface area contributed by atoms with Gasteiger partial charge in [0.2, 0.25) is 5.91 Å². The zero-order valence-electron chi connectivity index (χ0n) is 19.4. The van der Waals surface area contributed by atoms with Gasteiger partial charge in [-0.1, -0.05) is 19.3 Å². The van der Waals surface area contributed by atoms with Crippen molar-refractivity contribution in [2.75, 3.05) is 18.8 Å². The molecule has 11 heteroatoms. The fraction of sp³-hybridized carbons (Fsp3) is 0.857. The van der Waals surface area contributed by atoms with Crippen molar-refractivity contribution in [3.8, 4) is 0 Å². The Morgan fingerprint density at radius 1 is 1.00 bits per heavy atom. The van der Waals surface area contributed by atoms with E-state index in [2.05, 4.69) is 21.3 Å². The number of alkyl carbamates (subject to hydrolysis) is 1. The first-order valence-corrected chi connectivity index (χ1v) is 13.2. The minimum absolute atomic E-state index is 0.0153. The van der Waals surface area contributed by atoms with Gasteiger partial charge in [-0.25, -0.2) is 18.0 Å². The molecule has 2 rings (SSSR count). The van der Waals surface area contributed by atoms with E-state index in [0.717, 1.165) is 25.7 Å². The first-order chi connectivity index (χ1) is 15.0. The predicted octanol–water partition coefficient (Wildman–Crippen LogP) is 1.60. The Hall–Kier alpha value is -2.04. The van der Waals surface area contributed by atoms with E-state index in [1.165, 1.54) is 0 Å². The lowest BCUT2D eigenvalue weighted by Crippen LogP contribution is -2.39. The van der Waals surface area contributed by atoms with Crippen LogP contribution in [0.15, 0.2) is 0 Å². The quantitative estimate of drug-likeness (QED) is 0.250. The molecular formula is C21H38N4O6S. The summed E-state index contributed by atoms with van der Waals surface area (Å²) in [6.07, 6.45) is 5.30. The number of ether oxygens (including phenoxy) is 1. The Bertz CT molecular complexity index is 765. The maximum atomic E-state index is 12.3. The molecule has 0 bridgehead atoms. The molecule has 0 aliphatic carbocycles. The third kappa shape index (κ3) is 8.84. The summed E-state index contributed by atoms with van der Waals surface area (Å²) >= 11 is 0. The molecule has 10 nitrogen and oxygen atoms in total. The van der Waals surface area contributed by atoms with Crippen LogP contribution in [0.2, 0.25) is 0 Å². The summed E-state index contributed by atoms with van der Waals surface area (Å²) in [7, 11) is -3.22. The number of carbonyl (C=O) groups is 3. The molecule has 1 unspecified atom stereocenters. The average Bonchev–Trinajstić information content (AvgIpc) is 3.11. The highest BCUT2D eigenvalue weighted by molar-refractivity contribution is 7.92. The van der Waals surface area contributed by atoms with Gasteiger partial charge in [0.25, 0.3) is 0 Å². The Balaban J connectivity index is 1.46. The summed E-state index contributed by atoms with van der Waals surface area (Å²) in [5.74, 6) is -0.0434. The highest BCUT2D eigenvalue weighted by Crippen LogP contribution is 2.28. The largest absolute Gasteiger partial charge is 0.444 e. The topological polar surface area (TPSA) is 143 Å². The Labute approximate surface area is 190 Å². The van der Waals surface area contributed by atoms with Gasteiger partial charge in [0.1, 0.15) is 5.60 Å². The molecule has 32 heavy (non-hydrogen) atoms. The Morgan fingerprint density at radius 2 is 1.66 bits per heavy atom. The van der Waals surface area contributed by atoms with Gasteiger partial charge in [0, 0.05) is 19.5 Å². The fourth-order valence-corrected chi connectivity index (χ4v) is 6.33. The minimum atomic E-state index is -3.22. The molecule has 2 heterocycles. The number of rotatable bonds is 12. The first-order valence-electron chi connectivity index (χ1n) is 11.5. The van der Waals surface area contributed by atoms with Crippen LogP contribution in [0.4, 0.5) is 9.59 Å². The van der Waals surface area contributed by atoms with Crippen LogP contribution in [-0.4, -0.2) is 68.2 Å². The number of sulfone groups is 1. The van der Waals surface area contributed by atoms with E-state index < -0.39 is 26.8 Å². The predicted molar refractivity (Wildman–Crippen MR) is 121 cm³/mol. The van der Waals surface area contributed by atoms with Crippen LogP contribution < -0.4 is 21.3 Å². The molecule has 0 aromatic carbocycles. The number of hydrogen-bond donors (Lipinski definition) is 4. The fourth-order valence-electron chi connectivity index (χ4n) is 4.06. The van der Waals surface area contributed by atoms with E-state index in [0.29, 0.717) is 38.8 Å². The zero-order chi connectivity index (χ0) is 23.8. The van der Waals surface area contributed by atoms with Crippen LogP contribution in [0.3, 0.4) is 0 Å². The molecule has 4 N–H and O–H groups in total. The summed E-state index contributed by atoms with van der Waals surface area (Å²) < 4.78 is 29.7. The molecule has 0 aromatic heterocycles. The van der Waals surface area contributed by atoms with Crippen molar-refractivity contribution < 1.29 is 27.5 Å². The molecule has 2 aliphatic rings. The van der Waals surface area contributed by atoms with Gasteiger partial charge in [-0.3, -0.25) is 4.79 Å². The lowest BCUT2D eigenvalue weighted by molar-refractivity contribution is -0.121. The second-order valence-electron chi connectivity index (χ2n) is 9.56. The maximum absolute atomic E-state index is 12.3. The Morgan fingerprint density at radius 3 is 2.31 bits per heavy atom. The van der Waals surface area contributed by atoms with Crippen LogP contribution in [-0.2, 0) is 19.4 Å².